The van der Waals surface area contributed by atoms with Crippen molar-refractivity contribution in [2.24, 2.45) is 0 Å². The summed E-state index contributed by atoms with van der Waals surface area (Å²) < 4.78 is 33.4. The number of aromatic hydroxyl groups is 1. The Labute approximate surface area is 171 Å². The van der Waals surface area contributed by atoms with Gasteiger partial charge in [-0.05, 0) is 30.7 Å². The third-order valence-electron chi connectivity index (χ3n) is 4.98. The summed E-state index contributed by atoms with van der Waals surface area (Å²) in [7, 11) is 1.18. The summed E-state index contributed by atoms with van der Waals surface area (Å²) in [5, 5.41) is 10.5. The number of H-pyrrole nitrogens is 1. The first-order valence-corrected chi connectivity index (χ1v) is 9.24. The molecule has 0 spiro atoms. The number of ether oxygens (including phenoxy) is 1. The van der Waals surface area contributed by atoms with Crippen LogP contribution in [0.3, 0.4) is 0 Å². The van der Waals surface area contributed by atoms with Crippen molar-refractivity contribution in [3.05, 3.63) is 81.3 Å². The Balaban J connectivity index is 2.09. The van der Waals surface area contributed by atoms with E-state index in [4.69, 9.17) is 4.74 Å². The molecule has 0 saturated carbocycles. The molecule has 2 heterocycles. The Kier molecular flexibility index (Phi) is 6.29. The number of esters is 1. The first kappa shape index (κ1) is 21.2. The first-order valence-electron chi connectivity index (χ1n) is 9.24. The third kappa shape index (κ3) is 4.40. The zero-order valence-corrected chi connectivity index (χ0v) is 16.5. The highest BCUT2D eigenvalue weighted by molar-refractivity contribution is 5.71. The van der Waals surface area contributed by atoms with Crippen LogP contribution < -0.4 is 5.56 Å². The van der Waals surface area contributed by atoms with Crippen LogP contribution in [0.15, 0.2) is 41.6 Å². The summed E-state index contributed by atoms with van der Waals surface area (Å²) in [5.41, 5.74) is 0.911. The van der Waals surface area contributed by atoms with Crippen molar-refractivity contribution in [1.29, 1.82) is 0 Å². The molecule has 158 valence electrons. The van der Waals surface area contributed by atoms with E-state index in [0.29, 0.717) is 18.7 Å². The number of hydrogen-bond acceptors (Lipinski definition) is 5. The van der Waals surface area contributed by atoms with Crippen molar-refractivity contribution >= 4 is 5.97 Å². The van der Waals surface area contributed by atoms with Gasteiger partial charge in [-0.15, -0.1) is 0 Å². The van der Waals surface area contributed by atoms with Crippen molar-refractivity contribution in [3.8, 4) is 5.75 Å². The second kappa shape index (κ2) is 8.89. The van der Waals surface area contributed by atoms with Crippen LogP contribution in [-0.4, -0.2) is 32.7 Å². The van der Waals surface area contributed by atoms with Gasteiger partial charge in [-0.25, -0.2) is 13.8 Å². The molecule has 1 aromatic carbocycles. The van der Waals surface area contributed by atoms with Gasteiger partial charge in [0.25, 0.3) is 5.56 Å². The number of pyridine rings is 1. The van der Waals surface area contributed by atoms with Crippen molar-refractivity contribution in [2.45, 2.75) is 32.2 Å². The maximum absolute atomic E-state index is 13.9. The average molecular weight is 417 g/mol. The number of hydrogen-bond donors (Lipinski definition) is 2. The Morgan fingerprint density at radius 3 is 2.70 bits per heavy atom. The largest absolute Gasteiger partial charge is 0.507 e. The summed E-state index contributed by atoms with van der Waals surface area (Å²) in [4.78, 5) is 32.1. The van der Waals surface area contributed by atoms with Crippen LogP contribution in [0.4, 0.5) is 8.78 Å². The summed E-state index contributed by atoms with van der Waals surface area (Å²) in [6.45, 7) is 1.97. The Morgan fingerprint density at radius 1 is 1.30 bits per heavy atom. The molecule has 0 aliphatic heterocycles. The van der Waals surface area contributed by atoms with E-state index in [1.54, 1.807) is 13.1 Å². The van der Waals surface area contributed by atoms with Gasteiger partial charge in [0.05, 0.1) is 25.4 Å². The van der Waals surface area contributed by atoms with Crippen LogP contribution in [0.2, 0.25) is 0 Å². The van der Waals surface area contributed by atoms with E-state index >= 15 is 0 Å². The molecule has 0 amide bonds. The fourth-order valence-electron chi connectivity index (χ4n) is 3.39. The van der Waals surface area contributed by atoms with E-state index in [1.807, 2.05) is 0 Å². The number of rotatable bonds is 7. The number of imidazole rings is 1. The van der Waals surface area contributed by atoms with Crippen molar-refractivity contribution < 1.29 is 23.4 Å². The molecule has 0 radical (unpaired) electrons. The second-order valence-corrected chi connectivity index (χ2v) is 6.87. The molecule has 7 nitrogen and oxygen atoms in total. The van der Waals surface area contributed by atoms with Gasteiger partial charge in [0.15, 0.2) is 11.6 Å². The molecule has 1 unspecified atom stereocenters. The maximum atomic E-state index is 13.9. The molecule has 1 atom stereocenters. The van der Waals surface area contributed by atoms with Gasteiger partial charge >= 0.3 is 5.97 Å². The molecule has 3 rings (SSSR count). The normalized spacial score (nSPS) is 12.0. The topological polar surface area (TPSA) is 97.2 Å². The van der Waals surface area contributed by atoms with E-state index < -0.39 is 29.1 Å². The maximum Gasteiger partial charge on any atom is 0.306 e. The minimum Gasteiger partial charge on any atom is -0.507 e. The molecular weight excluding hydrogens is 396 g/mol. The quantitative estimate of drug-likeness (QED) is 0.576. The van der Waals surface area contributed by atoms with Crippen molar-refractivity contribution in [3.63, 3.8) is 0 Å². The first-order chi connectivity index (χ1) is 14.3. The van der Waals surface area contributed by atoms with Crippen LogP contribution in [0.25, 0.3) is 0 Å². The SMILES string of the molecule is COC(=O)CC(c1ccc(F)c(F)c1)c1c(O)cc(C)n(CCc2cnc[nH]2)c1=O. The zero-order chi connectivity index (χ0) is 21.8. The Bertz CT molecular complexity index is 1110. The highest BCUT2D eigenvalue weighted by Crippen LogP contribution is 2.33. The molecule has 0 aliphatic carbocycles. The third-order valence-corrected chi connectivity index (χ3v) is 4.98. The van der Waals surface area contributed by atoms with Crippen LogP contribution in [0.5, 0.6) is 5.75 Å². The van der Waals surface area contributed by atoms with Gasteiger partial charge in [-0.1, -0.05) is 6.07 Å². The van der Waals surface area contributed by atoms with Gasteiger partial charge in [0, 0.05) is 36.5 Å². The molecule has 3 aromatic rings. The van der Waals surface area contributed by atoms with Crippen LogP contribution in [0, 0.1) is 18.6 Å². The number of carbonyl (C=O) groups excluding carboxylic acids is 1. The lowest BCUT2D eigenvalue weighted by Crippen LogP contribution is -2.29. The molecule has 0 aliphatic rings. The summed E-state index contributed by atoms with van der Waals surface area (Å²) >= 11 is 0. The number of benzene rings is 1. The second-order valence-electron chi connectivity index (χ2n) is 6.87. The van der Waals surface area contributed by atoms with E-state index in [-0.39, 0.29) is 23.3 Å². The number of nitrogens with zero attached hydrogens (tertiary/aromatic N) is 2. The lowest BCUT2D eigenvalue weighted by atomic mass is 9.88. The number of nitrogens with one attached hydrogen (secondary N) is 1. The fourth-order valence-corrected chi connectivity index (χ4v) is 3.39. The lowest BCUT2D eigenvalue weighted by molar-refractivity contribution is -0.140. The lowest BCUT2D eigenvalue weighted by Gasteiger charge is -2.20. The van der Waals surface area contributed by atoms with Gasteiger partial charge in [-0.3, -0.25) is 9.59 Å². The van der Waals surface area contributed by atoms with E-state index in [0.717, 1.165) is 17.8 Å². The number of aromatic nitrogens is 3. The molecular formula is C21H21F2N3O4. The van der Waals surface area contributed by atoms with Crippen LogP contribution in [-0.2, 0) is 22.5 Å². The average Bonchev–Trinajstić information content (AvgIpc) is 3.22. The number of halogens is 2. The van der Waals surface area contributed by atoms with Crippen molar-refractivity contribution in [2.75, 3.05) is 7.11 Å². The number of aromatic amines is 1. The molecule has 0 saturated heterocycles. The molecule has 2 aromatic heterocycles. The number of aryl methyl sites for hydroxylation is 2. The highest BCUT2D eigenvalue weighted by atomic mass is 19.2. The summed E-state index contributed by atoms with van der Waals surface area (Å²) in [6, 6.07) is 4.51. The molecule has 0 bridgehead atoms. The van der Waals surface area contributed by atoms with Crippen LogP contribution >= 0.6 is 0 Å². The minimum atomic E-state index is -1.12. The number of methoxy groups -OCH3 is 1. The predicted octanol–water partition coefficient (Wildman–Crippen LogP) is 2.80. The van der Waals surface area contributed by atoms with Crippen LogP contribution in [0.1, 0.15) is 34.9 Å². The number of carbonyl (C=O) groups is 1. The summed E-state index contributed by atoms with van der Waals surface area (Å²) in [5.74, 6) is -4.17. The van der Waals surface area contributed by atoms with Gasteiger partial charge in [0.1, 0.15) is 5.75 Å². The summed E-state index contributed by atoms with van der Waals surface area (Å²) in [6.07, 6.45) is 3.33. The van der Waals surface area contributed by atoms with Gasteiger partial charge in [0.2, 0.25) is 0 Å². The monoisotopic (exact) mass is 417 g/mol. The Morgan fingerprint density at radius 2 is 2.07 bits per heavy atom. The molecule has 2 N–H and O–H groups in total. The fraction of sp³-hybridized carbons (Fsp3) is 0.286. The van der Waals surface area contributed by atoms with E-state index in [2.05, 4.69) is 9.97 Å². The molecule has 9 heteroatoms. The molecule has 0 fully saturated rings. The predicted molar refractivity (Wildman–Crippen MR) is 104 cm³/mol. The van der Waals surface area contributed by atoms with Gasteiger partial charge in [-0.2, -0.15) is 0 Å². The smallest absolute Gasteiger partial charge is 0.306 e. The zero-order valence-electron chi connectivity index (χ0n) is 16.5. The standard InChI is InChI=1S/C21H21F2N3O4/c1-12-7-18(27)20(21(29)26(12)6-5-14-10-24-11-25-14)15(9-19(28)30-2)13-3-4-16(22)17(23)8-13/h3-4,7-8,10-11,15,27H,5-6,9H2,1-2H3,(H,24,25). The Hall–Kier alpha value is -3.49. The molecule has 30 heavy (non-hydrogen) atoms. The van der Waals surface area contributed by atoms with E-state index in [9.17, 15) is 23.5 Å². The van der Waals surface area contributed by atoms with Crippen molar-refractivity contribution in [1.82, 2.24) is 14.5 Å². The minimum absolute atomic E-state index is 0.0818. The highest BCUT2D eigenvalue weighted by Gasteiger charge is 2.27. The van der Waals surface area contributed by atoms with Gasteiger partial charge < -0.3 is 19.4 Å². The van der Waals surface area contributed by atoms with E-state index in [1.165, 1.54) is 30.1 Å².